The third kappa shape index (κ3) is 7.46. The van der Waals surface area contributed by atoms with Gasteiger partial charge in [0, 0.05) is 12.2 Å². The van der Waals surface area contributed by atoms with Crippen LogP contribution in [0, 0.1) is 5.92 Å². The average Bonchev–Trinajstić information content (AvgIpc) is 3.71. The Kier molecular flexibility index (Phi) is 9.96. The summed E-state index contributed by atoms with van der Waals surface area (Å²) in [6.45, 7) is 3.69. The highest BCUT2D eigenvalue weighted by Crippen LogP contribution is 2.24. The van der Waals surface area contributed by atoms with Gasteiger partial charge in [0.15, 0.2) is 5.58 Å². The maximum atomic E-state index is 13.7. The van der Waals surface area contributed by atoms with E-state index in [1.165, 1.54) is 16.7 Å². The summed E-state index contributed by atoms with van der Waals surface area (Å²) in [5.74, 6) is -1.09. The molecule has 1 aliphatic heterocycles. The first-order chi connectivity index (χ1) is 21.3. The van der Waals surface area contributed by atoms with E-state index in [1.54, 1.807) is 24.3 Å². The van der Waals surface area contributed by atoms with E-state index in [4.69, 9.17) is 9.15 Å². The van der Waals surface area contributed by atoms with E-state index in [1.807, 2.05) is 74.5 Å². The minimum atomic E-state index is -0.979. The molecule has 2 N–H and O–H groups in total. The van der Waals surface area contributed by atoms with Crippen LogP contribution in [0.25, 0.3) is 11.1 Å². The number of nitrogens with zero attached hydrogens (tertiary/aromatic N) is 2. The minimum absolute atomic E-state index is 0.0627. The van der Waals surface area contributed by atoms with Crippen molar-refractivity contribution in [1.29, 1.82) is 0 Å². The number of ether oxygens (including phenoxy) is 1. The van der Waals surface area contributed by atoms with E-state index in [2.05, 4.69) is 15.6 Å². The zero-order valence-corrected chi connectivity index (χ0v) is 25.3. The van der Waals surface area contributed by atoms with Crippen molar-refractivity contribution >= 4 is 46.6 Å². The van der Waals surface area contributed by atoms with Gasteiger partial charge in [0.2, 0.25) is 17.6 Å². The number of aromatic nitrogens is 1. The highest BCUT2D eigenvalue weighted by Gasteiger charge is 2.40. The SMILES string of the molecule is CC(C)[C@H](NC(=O)OCc1ccccc1)C(=O)N1CSC[C@H]1C(=O)N[C@@H](Cc1ccccc1)C(=O)c1nc2ccccc2o1. The molecule has 5 rings (SSSR count). The molecule has 1 fully saturated rings. The van der Waals surface area contributed by atoms with Crippen LogP contribution in [-0.4, -0.2) is 63.3 Å². The third-order valence-corrected chi connectivity index (χ3v) is 8.32. The van der Waals surface area contributed by atoms with Gasteiger partial charge >= 0.3 is 6.09 Å². The van der Waals surface area contributed by atoms with Crippen LogP contribution in [0.2, 0.25) is 0 Å². The number of ketones is 1. The second kappa shape index (κ2) is 14.2. The largest absolute Gasteiger partial charge is 0.445 e. The maximum absolute atomic E-state index is 13.7. The first-order valence-corrected chi connectivity index (χ1v) is 15.5. The molecule has 0 unspecified atom stereocenters. The van der Waals surface area contributed by atoms with E-state index in [9.17, 15) is 19.2 Å². The molecule has 4 aromatic rings. The molecular formula is C33H34N4O6S. The summed E-state index contributed by atoms with van der Waals surface area (Å²) in [5.41, 5.74) is 2.67. The second-order valence-corrected chi connectivity index (χ2v) is 11.9. The molecule has 0 aliphatic carbocycles. The van der Waals surface area contributed by atoms with Crippen molar-refractivity contribution < 1.29 is 28.3 Å². The lowest BCUT2D eigenvalue weighted by Gasteiger charge is -2.30. The third-order valence-electron chi connectivity index (χ3n) is 7.31. The standard InChI is InChI=1S/C33H34N4O6S/c1-21(2)28(36-33(41)42-18-23-13-7-4-8-14-23)32(40)37-20-44-19-26(37)30(39)34-25(17-22-11-5-3-6-12-22)29(38)31-35-24-15-9-10-16-27(24)43-31/h3-16,21,25-26,28H,17-20H2,1-2H3,(H,34,39)(H,36,41)/t25-,26-,28-/m0/s1. The van der Waals surface area contributed by atoms with Crippen LogP contribution >= 0.6 is 11.8 Å². The Balaban J connectivity index is 1.29. The summed E-state index contributed by atoms with van der Waals surface area (Å²) in [6.07, 6.45) is -0.512. The summed E-state index contributed by atoms with van der Waals surface area (Å²) in [6, 6.07) is 22.9. The van der Waals surface area contributed by atoms with Gasteiger partial charge in [-0.25, -0.2) is 9.78 Å². The van der Waals surface area contributed by atoms with Crippen molar-refractivity contribution in [2.45, 2.75) is 45.0 Å². The van der Waals surface area contributed by atoms with Gasteiger partial charge in [0.1, 0.15) is 30.2 Å². The second-order valence-electron chi connectivity index (χ2n) is 10.9. The quantitative estimate of drug-likeness (QED) is 0.235. The Labute approximate surface area is 259 Å². The summed E-state index contributed by atoms with van der Waals surface area (Å²) in [7, 11) is 0. The lowest BCUT2D eigenvalue weighted by molar-refractivity contribution is -0.140. The lowest BCUT2D eigenvalue weighted by atomic mass is 10.0. The van der Waals surface area contributed by atoms with Gasteiger partial charge in [-0.2, -0.15) is 0 Å². The van der Waals surface area contributed by atoms with Gasteiger partial charge in [-0.15, -0.1) is 11.8 Å². The van der Waals surface area contributed by atoms with Gasteiger partial charge in [0.05, 0.1) is 5.88 Å². The van der Waals surface area contributed by atoms with Gasteiger partial charge < -0.3 is 24.7 Å². The van der Waals surface area contributed by atoms with Crippen molar-refractivity contribution in [3.05, 3.63) is 102 Å². The molecule has 1 aromatic heterocycles. The van der Waals surface area contributed by atoms with Gasteiger partial charge in [-0.05, 0) is 29.2 Å². The summed E-state index contributed by atoms with van der Waals surface area (Å²) in [4.78, 5) is 59.5. The van der Waals surface area contributed by atoms with Crippen LogP contribution in [0.4, 0.5) is 4.79 Å². The topological polar surface area (TPSA) is 131 Å². The van der Waals surface area contributed by atoms with E-state index >= 15 is 0 Å². The molecule has 11 heteroatoms. The highest BCUT2D eigenvalue weighted by molar-refractivity contribution is 7.99. The number of hydrogen-bond donors (Lipinski definition) is 2. The molecule has 10 nitrogen and oxygen atoms in total. The number of hydrogen-bond acceptors (Lipinski definition) is 8. The Hall–Kier alpha value is -4.64. The van der Waals surface area contributed by atoms with Crippen molar-refractivity contribution in [2.24, 2.45) is 5.92 Å². The first kappa shape index (κ1) is 30.8. The van der Waals surface area contributed by atoms with E-state index < -0.39 is 41.8 Å². The molecule has 0 bridgehead atoms. The molecular weight excluding hydrogens is 580 g/mol. The van der Waals surface area contributed by atoms with Crippen LogP contribution in [-0.2, 0) is 27.4 Å². The smallest absolute Gasteiger partial charge is 0.408 e. The number of carbonyl (C=O) groups is 4. The number of carbonyl (C=O) groups excluding carboxylic acids is 4. The van der Waals surface area contributed by atoms with E-state index in [0.29, 0.717) is 16.9 Å². The lowest BCUT2D eigenvalue weighted by Crippen LogP contribution is -2.57. The van der Waals surface area contributed by atoms with Crippen LogP contribution in [0.15, 0.2) is 89.3 Å². The van der Waals surface area contributed by atoms with E-state index in [0.717, 1.165) is 11.1 Å². The Bertz CT molecular complexity index is 1580. The van der Waals surface area contributed by atoms with Crippen LogP contribution in [0.1, 0.15) is 35.7 Å². The predicted octanol–water partition coefficient (Wildman–Crippen LogP) is 4.59. The average molecular weight is 615 g/mol. The number of benzene rings is 3. The molecule has 0 radical (unpaired) electrons. The minimum Gasteiger partial charge on any atom is -0.445 e. The number of alkyl carbamates (subject to hydrolysis) is 1. The van der Waals surface area contributed by atoms with Gasteiger partial charge in [-0.1, -0.05) is 86.6 Å². The molecule has 1 saturated heterocycles. The zero-order chi connectivity index (χ0) is 31.1. The van der Waals surface area contributed by atoms with Crippen molar-refractivity contribution in [1.82, 2.24) is 20.5 Å². The zero-order valence-electron chi connectivity index (χ0n) is 24.5. The fraction of sp³-hybridized carbons (Fsp3) is 0.303. The number of fused-ring (bicyclic) bond motifs is 1. The monoisotopic (exact) mass is 614 g/mol. The van der Waals surface area contributed by atoms with Crippen LogP contribution < -0.4 is 10.6 Å². The van der Waals surface area contributed by atoms with Gasteiger partial charge in [-0.3, -0.25) is 14.4 Å². The molecule has 0 saturated carbocycles. The fourth-order valence-corrected chi connectivity index (χ4v) is 6.08. The molecule has 1 aliphatic rings. The number of nitrogens with one attached hydrogen (secondary N) is 2. The Morgan fingerprint density at radius 3 is 2.27 bits per heavy atom. The Morgan fingerprint density at radius 2 is 1.59 bits per heavy atom. The molecule has 44 heavy (non-hydrogen) atoms. The molecule has 3 amide bonds. The number of thioether (sulfide) groups is 1. The van der Waals surface area contributed by atoms with E-state index in [-0.39, 0.29) is 30.7 Å². The van der Waals surface area contributed by atoms with Crippen LogP contribution in [0.3, 0.4) is 0 Å². The van der Waals surface area contributed by atoms with Crippen molar-refractivity contribution in [3.63, 3.8) is 0 Å². The number of para-hydroxylation sites is 2. The number of oxazole rings is 1. The van der Waals surface area contributed by atoms with Crippen LogP contribution in [0.5, 0.6) is 0 Å². The summed E-state index contributed by atoms with van der Waals surface area (Å²) < 4.78 is 11.1. The summed E-state index contributed by atoms with van der Waals surface area (Å²) >= 11 is 1.43. The number of rotatable bonds is 11. The van der Waals surface area contributed by atoms with Crippen molar-refractivity contribution in [2.75, 3.05) is 11.6 Å². The molecule has 3 aromatic carbocycles. The molecule has 228 valence electrons. The van der Waals surface area contributed by atoms with Crippen molar-refractivity contribution in [3.8, 4) is 0 Å². The maximum Gasteiger partial charge on any atom is 0.408 e. The fourth-order valence-electron chi connectivity index (χ4n) is 4.91. The number of amides is 3. The van der Waals surface area contributed by atoms with Gasteiger partial charge in [0.25, 0.3) is 5.89 Å². The number of Topliss-reactive ketones (excluding diaryl/α,β-unsaturated/α-hetero) is 1. The predicted molar refractivity (Wildman–Crippen MR) is 167 cm³/mol. The highest BCUT2D eigenvalue weighted by atomic mass is 32.2. The molecule has 0 spiro atoms. The summed E-state index contributed by atoms with van der Waals surface area (Å²) in [5, 5.41) is 5.56. The Morgan fingerprint density at radius 1 is 0.932 bits per heavy atom. The molecule has 3 atom stereocenters. The first-order valence-electron chi connectivity index (χ1n) is 14.4. The normalized spacial score (nSPS) is 16.0. The molecule has 2 heterocycles.